The number of hydrogen-bond donors (Lipinski definition) is 1. The third kappa shape index (κ3) is 2.56. The SMILES string of the molecule is Cc1cc(C(=O)O)ccc1-c1nnc(-c2cc3c(C)ccc(C)c3o2)o1. The van der Waals surface area contributed by atoms with Crippen molar-refractivity contribution in [3.05, 3.63) is 58.7 Å². The lowest BCUT2D eigenvalue weighted by atomic mass is 10.1. The molecule has 0 fully saturated rings. The summed E-state index contributed by atoms with van der Waals surface area (Å²) < 4.78 is 11.7. The number of aromatic nitrogens is 2. The van der Waals surface area contributed by atoms with Crippen LogP contribution in [0.4, 0.5) is 0 Å². The number of furan rings is 1. The summed E-state index contributed by atoms with van der Waals surface area (Å²) in [7, 11) is 0. The van der Waals surface area contributed by atoms with Crippen LogP contribution >= 0.6 is 0 Å². The van der Waals surface area contributed by atoms with Crippen molar-refractivity contribution in [1.82, 2.24) is 10.2 Å². The zero-order valence-corrected chi connectivity index (χ0v) is 14.5. The Morgan fingerprint density at radius 3 is 2.31 bits per heavy atom. The smallest absolute Gasteiger partial charge is 0.335 e. The molecule has 0 unspecified atom stereocenters. The quantitative estimate of drug-likeness (QED) is 0.573. The van der Waals surface area contributed by atoms with Gasteiger partial charge in [0.25, 0.3) is 5.89 Å². The highest BCUT2D eigenvalue weighted by Gasteiger charge is 2.18. The summed E-state index contributed by atoms with van der Waals surface area (Å²) in [4.78, 5) is 11.1. The van der Waals surface area contributed by atoms with Gasteiger partial charge in [-0.25, -0.2) is 4.79 Å². The van der Waals surface area contributed by atoms with Crippen molar-refractivity contribution in [2.24, 2.45) is 0 Å². The molecule has 2 heterocycles. The first kappa shape index (κ1) is 16.1. The van der Waals surface area contributed by atoms with Crippen LogP contribution in [0.15, 0.2) is 45.2 Å². The van der Waals surface area contributed by atoms with Crippen LogP contribution in [-0.2, 0) is 0 Å². The maximum Gasteiger partial charge on any atom is 0.335 e. The molecule has 6 heteroatoms. The van der Waals surface area contributed by atoms with E-state index in [9.17, 15) is 4.79 Å². The van der Waals surface area contributed by atoms with Gasteiger partial charge in [0.15, 0.2) is 5.76 Å². The molecule has 0 atom stereocenters. The minimum atomic E-state index is -0.973. The van der Waals surface area contributed by atoms with Gasteiger partial charge in [0.2, 0.25) is 5.89 Å². The zero-order valence-electron chi connectivity index (χ0n) is 14.5. The lowest BCUT2D eigenvalue weighted by Crippen LogP contribution is -1.97. The normalized spacial score (nSPS) is 11.2. The maximum absolute atomic E-state index is 11.1. The summed E-state index contributed by atoms with van der Waals surface area (Å²) in [6.45, 7) is 5.81. The largest absolute Gasteiger partial charge is 0.478 e. The van der Waals surface area contributed by atoms with Crippen LogP contribution in [0.1, 0.15) is 27.0 Å². The molecular formula is C20H16N2O4. The van der Waals surface area contributed by atoms with Gasteiger partial charge in [-0.1, -0.05) is 12.1 Å². The lowest BCUT2D eigenvalue weighted by molar-refractivity contribution is 0.0697. The Bertz CT molecular complexity index is 1120. The van der Waals surface area contributed by atoms with Gasteiger partial charge in [-0.2, -0.15) is 0 Å². The Balaban J connectivity index is 1.76. The highest BCUT2D eigenvalue weighted by Crippen LogP contribution is 2.33. The fourth-order valence-electron chi connectivity index (χ4n) is 2.97. The Labute approximate surface area is 149 Å². The molecule has 0 bridgehead atoms. The van der Waals surface area contributed by atoms with Gasteiger partial charge in [0.1, 0.15) is 5.58 Å². The van der Waals surface area contributed by atoms with E-state index < -0.39 is 5.97 Å². The highest BCUT2D eigenvalue weighted by molar-refractivity contribution is 5.89. The summed E-state index contributed by atoms with van der Waals surface area (Å²) in [6, 6.07) is 10.7. The van der Waals surface area contributed by atoms with Gasteiger partial charge in [0.05, 0.1) is 5.56 Å². The van der Waals surface area contributed by atoms with Crippen LogP contribution in [-0.4, -0.2) is 21.3 Å². The van der Waals surface area contributed by atoms with E-state index in [4.69, 9.17) is 13.9 Å². The fraction of sp³-hybridized carbons (Fsp3) is 0.150. The molecule has 0 aliphatic rings. The number of carbonyl (C=O) groups is 1. The number of aromatic carboxylic acids is 1. The number of hydrogen-bond acceptors (Lipinski definition) is 5. The molecule has 0 aliphatic heterocycles. The molecule has 0 spiro atoms. The molecule has 0 aliphatic carbocycles. The second-order valence-electron chi connectivity index (χ2n) is 6.30. The van der Waals surface area contributed by atoms with E-state index in [-0.39, 0.29) is 11.5 Å². The topological polar surface area (TPSA) is 89.4 Å². The molecule has 2 aromatic heterocycles. The molecule has 0 amide bonds. The van der Waals surface area contributed by atoms with Crippen molar-refractivity contribution in [3.8, 4) is 23.1 Å². The Morgan fingerprint density at radius 2 is 1.62 bits per heavy atom. The molecule has 0 radical (unpaired) electrons. The monoisotopic (exact) mass is 348 g/mol. The highest BCUT2D eigenvalue weighted by atomic mass is 16.4. The molecule has 1 N–H and O–H groups in total. The summed E-state index contributed by atoms with van der Waals surface area (Å²) in [6.07, 6.45) is 0. The van der Waals surface area contributed by atoms with E-state index in [0.29, 0.717) is 17.2 Å². The van der Waals surface area contributed by atoms with Crippen molar-refractivity contribution < 1.29 is 18.7 Å². The van der Waals surface area contributed by atoms with E-state index in [2.05, 4.69) is 10.2 Å². The van der Waals surface area contributed by atoms with E-state index in [1.54, 1.807) is 19.1 Å². The second kappa shape index (κ2) is 5.84. The van der Waals surface area contributed by atoms with Crippen molar-refractivity contribution in [2.45, 2.75) is 20.8 Å². The van der Waals surface area contributed by atoms with E-state index in [1.165, 1.54) is 6.07 Å². The summed E-state index contributed by atoms with van der Waals surface area (Å²) in [5, 5.41) is 18.3. The molecule has 6 nitrogen and oxygen atoms in total. The van der Waals surface area contributed by atoms with Crippen molar-refractivity contribution in [1.29, 1.82) is 0 Å². The predicted molar refractivity (Wildman–Crippen MR) is 96.1 cm³/mol. The van der Waals surface area contributed by atoms with Gasteiger partial charge in [-0.3, -0.25) is 0 Å². The lowest BCUT2D eigenvalue weighted by Gasteiger charge is -2.02. The third-order valence-electron chi connectivity index (χ3n) is 4.44. The summed E-state index contributed by atoms with van der Waals surface area (Å²) in [5.41, 5.74) is 4.61. The van der Waals surface area contributed by atoms with Crippen molar-refractivity contribution in [3.63, 3.8) is 0 Å². The van der Waals surface area contributed by atoms with E-state index >= 15 is 0 Å². The van der Waals surface area contributed by atoms with Gasteiger partial charge in [-0.05, 0) is 61.7 Å². The Morgan fingerprint density at radius 1 is 0.885 bits per heavy atom. The summed E-state index contributed by atoms with van der Waals surface area (Å²) >= 11 is 0. The van der Waals surface area contributed by atoms with Gasteiger partial charge in [-0.15, -0.1) is 10.2 Å². The molecule has 2 aromatic carbocycles. The molecule has 26 heavy (non-hydrogen) atoms. The zero-order chi connectivity index (χ0) is 18.4. The van der Waals surface area contributed by atoms with Crippen LogP contribution < -0.4 is 0 Å². The average Bonchev–Trinajstić information content (AvgIpc) is 3.25. The number of carboxylic acids is 1. The van der Waals surface area contributed by atoms with Crippen molar-refractivity contribution >= 4 is 16.9 Å². The summed E-state index contributed by atoms with van der Waals surface area (Å²) in [5.74, 6) is 0.148. The second-order valence-corrected chi connectivity index (χ2v) is 6.30. The molecule has 4 rings (SSSR count). The Hall–Kier alpha value is -3.41. The average molecular weight is 348 g/mol. The number of fused-ring (bicyclic) bond motifs is 1. The fourth-order valence-corrected chi connectivity index (χ4v) is 2.97. The molecule has 4 aromatic rings. The minimum Gasteiger partial charge on any atom is -0.478 e. The predicted octanol–water partition coefficient (Wildman–Crippen LogP) is 4.77. The van der Waals surface area contributed by atoms with Gasteiger partial charge >= 0.3 is 5.97 Å². The van der Waals surface area contributed by atoms with Crippen LogP contribution in [0.2, 0.25) is 0 Å². The maximum atomic E-state index is 11.1. The van der Waals surface area contributed by atoms with E-state index in [1.807, 2.05) is 32.0 Å². The minimum absolute atomic E-state index is 0.217. The molecule has 130 valence electrons. The van der Waals surface area contributed by atoms with Crippen molar-refractivity contribution in [2.75, 3.05) is 0 Å². The van der Waals surface area contributed by atoms with Crippen LogP contribution in [0.5, 0.6) is 0 Å². The molecule has 0 saturated heterocycles. The number of nitrogens with zero attached hydrogens (tertiary/aromatic N) is 2. The number of carboxylic acid groups (broad SMARTS) is 1. The first-order valence-electron chi connectivity index (χ1n) is 8.12. The first-order chi connectivity index (χ1) is 12.4. The Kier molecular flexibility index (Phi) is 3.61. The van der Waals surface area contributed by atoms with Gasteiger partial charge < -0.3 is 13.9 Å². The van der Waals surface area contributed by atoms with Crippen LogP contribution in [0.25, 0.3) is 34.1 Å². The molecular weight excluding hydrogens is 332 g/mol. The molecule has 0 saturated carbocycles. The standard InChI is InChI=1S/C20H16N2O4/c1-10-4-5-11(2)17-15(10)9-16(25-17)19-22-21-18(26-19)14-7-6-13(20(23)24)8-12(14)3/h4-9H,1-3H3,(H,23,24). The first-order valence-corrected chi connectivity index (χ1v) is 8.12. The number of benzene rings is 2. The number of aryl methyl sites for hydroxylation is 3. The van der Waals surface area contributed by atoms with Crippen LogP contribution in [0.3, 0.4) is 0 Å². The van der Waals surface area contributed by atoms with Gasteiger partial charge in [0, 0.05) is 10.9 Å². The third-order valence-corrected chi connectivity index (χ3v) is 4.44. The van der Waals surface area contributed by atoms with E-state index in [0.717, 1.165) is 27.7 Å². The number of rotatable bonds is 3. The van der Waals surface area contributed by atoms with Crippen LogP contribution in [0, 0.1) is 20.8 Å².